The number of pyridine rings is 1. The van der Waals surface area contributed by atoms with Crippen LogP contribution in [-0.4, -0.2) is 28.5 Å². The van der Waals surface area contributed by atoms with Crippen LogP contribution in [0.4, 0.5) is 0 Å². The quantitative estimate of drug-likeness (QED) is 0.918. The molecule has 0 bridgehead atoms. The summed E-state index contributed by atoms with van der Waals surface area (Å²) in [6.45, 7) is 1.08. The average molecular weight is 268 g/mol. The molecule has 1 unspecified atom stereocenters. The predicted molar refractivity (Wildman–Crippen MR) is 78.5 cm³/mol. The lowest BCUT2D eigenvalue weighted by atomic mass is 9.87. The Bertz CT molecular complexity index is 568. The van der Waals surface area contributed by atoms with Gasteiger partial charge >= 0.3 is 0 Å². The Morgan fingerprint density at radius 2 is 2.15 bits per heavy atom. The van der Waals surface area contributed by atoms with Gasteiger partial charge in [0.1, 0.15) is 5.82 Å². The highest BCUT2D eigenvalue weighted by atomic mass is 14.9. The molecule has 0 aromatic carbocycles. The fourth-order valence-electron chi connectivity index (χ4n) is 2.86. The third-order valence-electron chi connectivity index (χ3n) is 3.91. The smallest absolute Gasteiger partial charge is 0.132 e. The van der Waals surface area contributed by atoms with Crippen LogP contribution >= 0.6 is 0 Å². The minimum absolute atomic E-state index is 0.724. The van der Waals surface area contributed by atoms with E-state index >= 15 is 0 Å². The van der Waals surface area contributed by atoms with Crippen molar-refractivity contribution in [3.63, 3.8) is 0 Å². The van der Waals surface area contributed by atoms with Gasteiger partial charge in [-0.25, -0.2) is 9.97 Å². The van der Waals surface area contributed by atoms with Crippen LogP contribution in [0.5, 0.6) is 0 Å². The molecule has 4 heteroatoms. The third kappa shape index (κ3) is 3.02. The number of hydrogen-bond donors (Lipinski definition) is 1. The number of nitrogens with one attached hydrogen (secondary N) is 1. The number of hydrogen-bond acceptors (Lipinski definition) is 4. The summed E-state index contributed by atoms with van der Waals surface area (Å²) in [4.78, 5) is 13.3. The molecule has 4 nitrogen and oxygen atoms in total. The Hall–Kier alpha value is -1.81. The maximum Gasteiger partial charge on any atom is 0.132 e. The van der Waals surface area contributed by atoms with E-state index in [9.17, 15) is 0 Å². The second-order valence-electron chi connectivity index (χ2n) is 5.46. The maximum absolute atomic E-state index is 4.75. The number of fused-ring (bicyclic) bond motifs is 1. The molecule has 0 spiro atoms. The van der Waals surface area contributed by atoms with Crippen LogP contribution in [0.1, 0.15) is 29.1 Å². The van der Waals surface area contributed by atoms with Crippen LogP contribution in [0, 0.1) is 5.92 Å². The van der Waals surface area contributed by atoms with Gasteiger partial charge in [0.2, 0.25) is 0 Å². The molecule has 0 saturated carbocycles. The molecule has 1 atom stereocenters. The van der Waals surface area contributed by atoms with E-state index in [2.05, 4.69) is 15.3 Å². The van der Waals surface area contributed by atoms with Gasteiger partial charge in [-0.1, -0.05) is 0 Å². The van der Waals surface area contributed by atoms with Crippen LogP contribution in [0.2, 0.25) is 0 Å². The SMILES string of the molecule is CNCC1CCc2nc(Cc3ccncc3)ncc2C1. The van der Waals surface area contributed by atoms with Gasteiger partial charge < -0.3 is 5.32 Å². The van der Waals surface area contributed by atoms with Crippen molar-refractivity contribution in [3.05, 3.63) is 53.4 Å². The van der Waals surface area contributed by atoms with Gasteiger partial charge in [-0.05, 0) is 62.0 Å². The molecule has 104 valence electrons. The number of rotatable bonds is 4. The van der Waals surface area contributed by atoms with E-state index in [1.54, 1.807) is 0 Å². The first kappa shape index (κ1) is 13.2. The molecule has 0 fully saturated rings. The van der Waals surface area contributed by atoms with E-state index in [1.807, 2.05) is 37.8 Å². The Balaban J connectivity index is 1.74. The molecule has 2 aromatic rings. The van der Waals surface area contributed by atoms with Crippen molar-refractivity contribution in [2.45, 2.75) is 25.7 Å². The van der Waals surface area contributed by atoms with Crippen molar-refractivity contribution in [1.29, 1.82) is 0 Å². The van der Waals surface area contributed by atoms with Crippen LogP contribution in [0.15, 0.2) is 30.7 Å². The summed E-state index contributed by atoms with van der Waals surface area (Å²) < 4.78 is 0. The largest absolute Gasteiger partial charge is 0.319 e. The Kier molecular flexibility index (Phi) is 4.02. The summed E-state index contributed by atoms with van der Waals surface area (Å²) >= 11 is 0. The van der Waals surface area contributed by atoms with Crippen molar-refractivity contribution >= 4 is 0 Å². The highest BCUT2D eigenvalue weighted by Gasteiger charge is 2.19. The predicted octanol–water partition coefficient (Wildman–Crippen LogP) is 1.79. The summed E-state index contributed by atoms with van der Waals surface area (Å²) in [5.74, 6) is 1.64. The van der Waals surface area contributed by atoms with Gasteiger partial charge in [-0.3, -0.25) is 4.98 Å². The standard InChI is InChI=1S/C16H20N4/c1-17-10-13-2-3-15-14(8-13)11-19-16(20-15)9-12-4-6-18-7-5-12/h4-7,11,13,17H,2-3,8-10H2,1H3. The maximum atomic E-state index is 4.75. The first-order valence-corrected chi connectivity index (χ1v) is 7.22. The number of aromatic nitrogens is 3. The van der Waals surface area contributed by atoms with E-state index < -0.39 is 0 Å². The van der Waals surface area contributed by atoms with E-state index in [0.29, 0.717) is 0 Å². The monoisotopic (exact) mass is 268 g/mol. The van der Waals surface area contributed by atoms with Crippen molar-refractivity contribution in [2.75, 3.05) is 13.6 Å². The second-order valence-corrected chi connectivity index (χ2v) is 5.46. The Morgan fingerprint density at radius 1 is 1.30 bits per heavy atom. The van der Waals surface area contributed by atoms with E-state index in [1.165, 1.54) is 23.2 Å². The lowest BCUT2D eigenvalue weighted by Crippen LogP contribution is -2.25. The van der Waals surface area contributed by atoms with Gasteiger partial charge in [0, 0.05) is 30.7 Å². The summed E-state index contributed by atoms with van der Waals surface area (Å²) in [6, 6.07) is 4.04. The molecule has 0 radical (unpaired) electrons. The lowest BCUT2D eigenvalue weighted by Gasteiger charge is -2.23. The van der Waals surface area contributed by atoms with Gasteiger partial charge in [0.15, 0.2) is 0 Å². The van der Waals surface area contributed by atoms with Gasteiger partial charge in [-0.2, -0.15) is 0 Å². The minimum Gasteiger partial charge on any atom is -0.319 e. The average Bonchev–Trinajstić information content (AvgIpc) is 2.49. The zero-order valence-corrected chi connectivity index (χ0v) is 11.8. The lowest BCUT2D eigenvalue weighted by molar-refractivity contribution is 0.433. The summed E-state index contributed by atoms with van der Waals surface area (Å²) in [6.07, 6.45) is 9.85. The number of aryl methyl sites for hydroxylation is 1. The van der Waals surface area contributed by atoms with Gasteiger partial charge in [-0.15, -0.1) is 0 Å². The Labute approximate surface area is 119 Å². The van der Waals surface area contributed by atoms with Gasteiger partial charge in [0.25, 0.3) is 0 Å². The number of nitrogens with zero attached hydrogens (tertiary/aromatic N) is 3. The first-order valence-electron chi connectivity index (χ1n) is 7.22. The van der Waals surface area contributed by atoms with E-state index in [0.717, 1.165) is 37.5 Å². The van der Waals surface area contributed by atoms with Crippen molar-refractivity contribution in [2.24, 2.45) is 5.92 Å². The van der Waals surface area contributed by atoms with Crippen molar-refractivity contribution < 1.29 is 0 Å². The van der Waals surface area contributed by atoms with Crippen LogP contribution in [0.3, 0.4) is 0 Å². The zero-order valence-electron chi connectivity index (χ0n) is 11.8. The third-order valence-corrected chi connectivity index (χ3v) is 3.91. The highest BCUT2D eigenvalue weighted by Crippen LogP contribution is 2.23. The topological polar surface area (TPSA) is 50.7 Å². The molecule has 2 aromatic heterocycles. The first-order chi connectivity index (χ1) is 9.85. The van der Waals surface area contributed by atoms with Crippen molar-refractivity contribution in [1.82, 2.24) is 20.3 Å². The summed E-state index contributed by atoms with van der Waals surface area (Å²) in [5.41, 5.74) is 3.79. The molecule has 0 amide bonds. The van der Waals surface area contributed by atoms with Crippen LogP contribution in [-0.2, 0) is 19.3 Å². The van der Waals surface area contributed by atoms with E-state index in [-0.39, 0.29) is 0 Å². The summed E-state index contributed by atoms with van der Waals surface area (Å²) in [5, 5.41) is 3.27. The van der Waals surface area contributed by atoms with Crippen LogP contribution < -0.4 is 5.32 Å². The molecular formula is C16H20N4. The zero-order chi connectivity index (χ0) is 13.8. The summed E-state index contributed by atoms with van der Waals surface area (Å²) in [7, 11) is 2.02. The molecule has 20 heavy (non-hydrogen) atoms. The Morgan fingerprint density at radius 3 is 2.95 bits per heavy atom. The second kappa shape index (κ2) is 6.09. The molecular weight excluding hydrogens is 248 g/mol. The fraction of sp³-hybridized carbons (Fsp3) is 0.438. The van der Waals surface area contributed by atoms with Gasteiger partial charge in [0.05, 0.1) is 0 Å². The van der Waals surface area contributed by atoms with Crippen LogP contribution in [0.25, 0.3) is 0 Å². The normalized spacial score (nSPS) is 17.8. The molecule has 0 saturated heterocycles. The molecule has 2 heterocycles. The fourth-order valence-corrected chi connectivity index (χ4v) is 2.86. The molecule has 1 aliphatic carbocycles. The molecule has 3 rings (SSSR count). The highest BCUT2D eigenvalue weighted by molar-refractivity contribution is 5.23. The minimum atomic E-state index is 0.724. The molecule has 1 N–H and O–H groups in total. The molecule has 1 aliphatic rings. The molecule has 0 aliphatic heterocycles. The van der Waals surface area contributed by atoms with E-state index in [4.69, 9.17) is 4.98 Å². The van der Waals surface area contributed by atoms with Crippen molar-refractivity contribution in [3.8, 4) is 0 Å².